The van der Waals surface area contributed by atoms with Crippen LogP contribution in [-0.4, -0.2) is 29.5 Å². The van der Waals surface area contributed by atoms with Crippen molar-refractivity contribution in [2.24, 2.45) is 0 Å². The van der Waals surface area contributed by atoms with E-state index in [1.165, 1.54) is 6.20 Å². The number of aromatic nitrogens is 2. The normalized spacial score (nSPS) is 13.3. The summed E-state index contributed by atoms with van der Waals surface area (Å²) in [6.45, 7) is 0.585. The van der Waals surface area contributed by atoms with Crippen LogP contribution >= 0.6 is 0 Å². The molecule has 5 nitrogen and oxygen atoms in total. The van der Waals surface area contributed by atoms with E-state index >= 15 is 0 Å². The number of aromatic amines is 1. The molecule has 1 aliphatic heterocycles. The summed E-state index contributed by atoms with van der Waals surface area (Å²) in [5, 5.41) is 2.79. The molecule has 0 atom stereocenters. The quantitative estimate of drug-likeness (QED) is 0.771. The number of rotatable bonds is 3. The third-order valence-electron chi connectivity index (χ3n) is 4.34. The molecule has 0 fully saturated rings. The number of pyridine rings is 1. The van der Waals surface area contributed by atoms with Gasteiger partial charge in [0.1, 0.15) is 5.75 Å². The lowest BCUT2D eigenvalue weighted by atomic mass is 10.1. The van der Waals surface area contributed by atoms with Crippen molar-refractivity contribution in [3.05, 3.63) is 59.7 Å². The van der Waals surface area contributed by atoms with E-state index in [2.05, 4.69) is 15.3 Å². The highest BCUT2D eigenvalue weighted by atomic mass is 19.1. The first-order valence-corrected chi connectivity index (χ1v) is 7.96. The van der Waals surface area contributed by atoms with Crippen LogP contribution in [0.4, 0.5) is 4.39 Å². The fraction of sp³-hybridized carbons (Fsp3) is 0.158. The Morgan fingerprint density at radius 1 is 1.16 bits per heavy atom. The molecule has 1 aromatic carbocycles. The van der Waals surface area contributed by atoms with Crippen LogP contribution in [-0.2, 0) is 6.42 Å². The molecule has 2 N–H and O–H groups in total. The summed E-state index contributed by atoms with van der Waals surface area (Å²) in [7, 11) is 1.60. The number of benzene rings is 1. The van der Waals surface area contributed by atoms with E-state index < -0.39 is 5.82 Å². The summed E-state index contributed by atoms with van der Waals surface area (Å²) in [6, 6.07) is 10.8. The van der Waals surface area contributed by atoms with E-state index in [1.54, 1.807) is 19.2 Å². The van der Waals surface area contributed by atoms with E-state index in [1.807, 2.05) is 24.3 Å². The number of fused-ring (bicyclic) bond motifs is 1. The third kappa shape index (κ3) is 2.76. The van der Waals surface area contributed by atoms with Crippen molar-refractivity contribution >= 4 is 5.91 Å². The summed E-state index contributed by atoms with van der Waals surface area (Å²) >= 11 is 0. The van der Waals surface area contributed by atoms with E-state index in [0.717, 1.165) is 17.0 Å². The Kier molecular flexibility index (Phi) is 3.72. The molecule has 0 saturated carbocycles. The Balaban J connectivity index is 1.76. The maximum atomic E-state index is 14.3. The summed E-state index contributed by atoms with van der Waals surface area (Å²) in [4.78, 5) is 19.3. The Morgan fingerprint density at radius 2 is 1.96 bits per heavy atom. The lowest BCUT2D eigenvalue weighted by molar-refractivity contribution is 0.0946. The fourth-order valence-corrected chi connectivity index (χ4v) is 3.00. The zero-order valence-corrected chi connectivity index (χ0v) is 13.6. The second kappa shape index (κ2) is 6.05. The van der Waals surface area contributed by atoms with Gasteiger partial charge in [0.15, 0.2) is 5.82 Å². The van der Waals surface area contributed by atoms with E-state index in [9.17, 15) is 9.18 Å². The average molecular weight is 337 g/mol. The highest BCUT2D eigenvalue weighted by molar-refractivity contribution is 5.97. The van der Waals surface area contributed by atoms with Crippen LogP contribution in [0, 0.1) is 5.82 Å². The van der Waals surface area contributed by atoms with E-state index in [4.69, 9.17) is 4.74 Å². The predicted molar refractivity (Wildman–Crippen MR) is 92.0 cm³/mol. The van der Waals surface area contributed by atoms with E-state index in [-0.39, 0.29) is 5.91 Å². The number of hydrogen-bond acceptors (Lipinski definition) is 3. The van der Waals surface area contributed by atoms with Crippen LogP contribution in [0.15, 0.2) is 42.6 Å². The summed E-state index contributed by atoms with van der Waals surface area (Å²) in [5.41, 5.74) is 3.89. The maximum absolute atomic E-state index is 14.3. The van der Waals surface area contributed by atoms with Gasteiger partial charge in [-0.05, 0) is 36.4 Å². The van der Waals surface area contributed by atoms with Crippen LogP contribution in [0.25, 0.3) is 22.5 Å². The third-order valence-corrected chi connectivity index (χ3v) is 4.34. The molecule has 3 heterocycles. The molecular weight excluding hydrogens is 321 g/mol. The zero-order chi connectivity index (χ0) is 17.4. The minimum Gasteiger partial charge on any atom is -0.497 e. The van der Waals surface area contributed by atoms with Gasteiger partial charge in [-0.2, -0.15) is 0 Å². The van der Waals surface area contributed by atoms with Crippen molar-refractivity contribution in [1.82, 2.24) is 15.3 Å². The molecule has 1 aliphatic rings. The van der Waals surface area contributed by atoms with Gasteiger partial charge in [-0.25, -0.2) is 4.39 Å². The molecule has 0 spiro atoms. The van der Waals surface area contributed by atoms with Crippen LogP contribution < -0.4 is 10.1 Å². The Hall–Kier alpha value is -3.15. The predicted octanol–water partition coefficient (Wildman–Crippen LogP) is 3.18. The molecule has 25 heavy (non-hydrogen) atoms. The van der Waals surface area contributed by atoms with Gasteiger partial charge in [0.2, 0.25) is 0 Å². The van der Waals surface area contributed by atoms with Crippen molar-refractivity contribution < 1.29 is 13.9 Å². The van der Waals surface area contributed by atoms with Gasteiger partial charge in [0, 0.05) is 35.5 Å². The second-order valence-corrected chi connectivity index (χ2v) is 5.86. The standard InChI is InChI=1S/C19H16FN3O2/c1-25-12-4-2-11(3-5-12)17-8-13(15(20)10-22-17)18-9-14-16(23-18)6-7-21-19(14)24/h2-5,8-10,23H,6-7H2,1H3,(H,21,24). The Morgan fingerprint density at radius 3 is 2.68 bits per heavy atom. The van der Waals surface area contributed by atoms with Crippen molar-refractivity contribution in [2.45, 2.75) is 6.42 Å². The maximum Gasteiger partial charge on any atom is 0.253 e. The number of halogens is 1. The molecule has 2 aromatic heterocycles. The van der Waals surface area contributed by atoms with Gasteiger partial charge in [-0.3, -0.25) is 9.78 Å². The minimum absolute atomic E-state index is 0.131. The van der Waals surface area contributed by atoms with Gasteiger partial charge in [-0.15, -0.1) is 0 Å². The Bertz CT molecular complexity index is 948. The number of methoxy groups -OCH3 is 1. The number of ether oxygens (including phenoxy) is 1. The monoisotopic (exact) mass is 337 g/mol. The van der Waals surface area contributed by atoms with Crippen molar-refractivity contribution in [3.63, 3.8) is 0 Å². The molecule has 0 radical (unpaired) electrons. The lowest BCUT2D eigenvalue weighted by Gasteiger charge is -2.11. The van der Waals surface area contributed by atoms with Crippen LogP contribution in [0.1, 0.15) is 16.1 Å². The number of nitrogens with one attached hydrogen (secondary N) is 2. The van der Waals surface area contributed by atoms with Gasteiger partial charge in [0.25, 0.3) is 5.91 Å². The van der Waals surface area contributed by atoms with Gasteiger partial charge < -0.3 is 15.0 Å². The molecule has 0 aliphatic carbocycles. The molecule has 3 aromatic rings. The number of nitrogens with zero attached hydrogens (tertiary/aromatic N) is 1. The smallest absolute Gasteiger partial charge is 0.253 e. The summed E-state index contributed by atoms with van der Waals surface area (Å²) in [6.07, 6.45) is 1.91. The topological polar surface area (TPSA) is 67.0 Å². The largest absolute Gasteiger partial charge is 0.497 e. The van der Waals surface area contributed by atoms with Crippen LogP contribution in [0.2, 0.25) is 0 Å². The van der Waals surface area contributed by atoms with Crippen LogP contribution in [0.3, 0.4) is 0 Å². The molecule has 4 rings (SSSR count). The number of hydrogen-bond donors (Lipinski definition) is 2. The molecule has 0 unspecified atom stereocenters. The number of H-pyrrole nitrogens is 1. The number of amides is 1. The molecule has 1 amide bonds. The average Bonchev–Trinajstić information content (AvgIpc) is 3.08. The van der Waals surface area contributed by atoms with Crippen molar-refractivity contribution in [1.29, 1.82) is 0 Å². The number of carbonyl (C=O) groups is 1. The molecule has 0 bridgehead atoms. The first-order valence-electron chi connectivity index (χ1n) is 7.96. The molecular formula is C19H16FN3O2. The summed E-state index contributed by atoms with van der Waals surface area (Å²) in [5.74, 6) is 0.180. The number of carbonyl (C=O) groups excluding carboxylic acids is 1. The lowest BCUT2D eigenvalue weighted by Crippen LogP contribution is -2.31. The Labute approximate surface area is 143 Å². The SMILES string of the molecule is COc1ccc(-c2cc(-c3cc4c([nH]3)CCNC4=O)c(F)cn2)cc1. The molecule has 126 valence electrons. The van der Waals surface area contributed by atoms with Crippen molar-refractivity contribution in [3.8, 4) is 28.3 Å². The minimum atomic E-state index is -0.434. The fourth-order valence-electron chi connectivity index (χ4n) is 3.00. The second-order valence-electron chi connectivity index (χ2n) is 5.86. The zero-order valence-electron chi connectivity index (χ0n) is 13.6. The first kappa shape index (κ1) is 15.4. The highest BCUT2D eigenvalue weighted by Crippen LogP contribution is 2.29. The molecule has 0 saturated heterocycles. The van der Waals surface area contributed by atoms with Gasteiger partial charge >= 0.3 is 0 Å². The first-order chi connectivity index (χ1) is 12.2. The molecule has 6 heteroatoms. The summed E-state index contributed by atoms with van der Waals surface area (Å²) < 4.78 is 19.5. The van der Waals surface area contributed by atoms with Crippen molar-refractivity contribution in [2.75, 3.05) is 13.7 Å². The van der Waals surface area contributed by atoms with Gasteiger partial charge in [0.05, 0.1) is 24.6 Å². The van der Waals surface area contributed by atoms with Crippen LogP contribution in [0.5, 0.6) is 5.75 Å². The van der Waals surface area contributed by atoms with Gasteiger partial charge in [-0.1, -0.05) is 0 Å². The highest BCUT2D eigenvalue weighted by Gasteiger charge is 2.21. The van der Waals surface area contributed by atoms with E-state index in [0.29, 0.717) is 35.5 Å².